The minimum Gasteiger partial charge on any atom is -0.0654 e. The molecule has 0 fully saturated rings. The predicted molar refractivity (Wildman–Crippen MR) is 412 cm³/mol. The first-order chi connectivity index (χ1) is 38.4. The zero-order chi connectivity index (χ0) is 69.6. The van der Waals surface area contributed by atoms with Gasteiger partial charge in [-0.3, -0.25) is 0 Å². The normalized spacial score (nSPS) is 12.0. The quantitative estimate of drug-likeness (QED) is 0.0719. The lowest BCUT2D eigenvalue weighted by Gasteiger charge is -2.22. The Hall–Kier alpha value is 0. The topological polar surface area (TPSA) is 0 Å². The van der Waals surface area contributed by atoms with E-state index in [4.69, 9.17) is 0 Å². The highest BCUT2D eigenvalue weighted by atomic mass is 14.2. The molecule has 0 aromatic heterocycles. The van der Waals surface area contributed by atoms with Gasteiger partial charge in [0.15, 0.2) is 0 Å². The highest BCUT2D eigenvalue weighted by Crippen LogP contribution is 2.24. The van der Waals surface area contributed by atoms with Crippen molar-refractivity contribution in [1.29, 1.82) is 0 Å². The molecule has 0 radical (unpaired) electrons. The van der Waals surface area contributed by atoms with Crippen LogP contribution in [0, 0.1) is 80.8 Å². The first-order valence-corrected chi connectivity index (χ1v) is 38.4. The van der Waals surface area contributed by atoms with Crippen molar-refractivity contribution >= 4 is 0 Å². The number of hydrogen-bond donors (Lipinski definition) is 0. The van der Waals surface area contributed by atoms with Crippen LogP contribution in [0.15, 0.2) is 0 Å². The molecule has 0 nitrogen and oxygen atoms in total. The van der Waals surface area contributed by atoms with Crippen molar-refractivity contribution in [3.05, 3.63) is 0 Å². The van der Waals surface area contributed by atoms with E-state index < -0.39 is 0 Å². The molecule has 528 valence electrons. The van der Waals surface area contributed by atoms with Crippen LogP contribution in [0.1, 0.15) is 471 Å². The summed E-state index contributed by atoms with van der Waals surface area (Å²) in [4.78, 5) is 0. The standard InChI is InChI=1S/12C7H16/c1-6(2)7(3,4)5;1-6(2)5-7(3)4;2*1-5-6-7(2,3)4;1-5-7(3,4)6-2;1-5-7(4)6(2)3;2*1-4-5-6-7(2)3;2*1-4-6-7(3)5-2;1-4-7(5-2)6-3;1-3-5-7-6-4-2/h6H,1-5H3;6-7H,5H2,1-4H3;3*5-6H2,1-4H3;6-7H,5H2,1-4H3;5*7H,4-6H2,1-3H3;3-7H2,1-2H3/t;;;;;7-;;;7-;;;/m.....0..1.../s1. The lowest BCUT2D eigenvalue weighted by molar-refractivity contribution is 0.283. The van der Waals surface area contributed by atoms with Gasteiger partial charge in [0.2, 0.25) is 0 Å². The highest BCUT2D eigenvalue weighted by molar-refractivity contribution is 4.64. The van der Waals surface area contributed by atoms with Crippen LogP contribution in [0.3, 0.4) is 0 Å². The molecular weight excluding hydrogens is 1010 g/mol. The van der Waals surface area contributed by atoms with Crippen molar-refractivity contribution in [2.75, 3.05) is 0 Å². The second kappa shape index (κ2) is 83.0. The molecule has 0 heteroatoms. The van der Waals surface area contributed by atoms with Crippen LogP contribution in [0.2, 0.25) is 0 Å². The first kappa shape index (κ1) is 112. The second-order valence-corrected chi connectivity index (χ2v) is 32.5. The summed E-state index contributed by atoms with van der Waals surface area (Å²) in [6.07, 6.45) is 38.1. The summed E-state index contributed by atoms with van der Waals surface area (Å²) in [6.45, 7) is 95.0. The zero-order valence-electron chi connectivity index (χ0n) is 69.6. The summed E-state index contributed by atoms with van der Waals surface area (Å²) in [7, 11) is 0. The van der Waals surface area contributed by atoms with Gasteiger partial charge in [-0.15, -0.1) is 0 Å². The Kier molecular flexibility index (Phi) is 110. The van der Waals surface area contributed by atoms with E-state index in [1.54, 1.807) is 0 Å². The molecule has 1 unspecified atom stereocenters. The minimum absolute atomic E-state index is 0.500. The monoisotopic (exact) mass is 1200 g/mol. The molecule has 3 atom stereocenters. The number of hydrogen-bond acceptors (Lipinski definition) is 0. The van der Waals surface area contributed by atoms with Crippen LogP contribution in [0.4, 0.5) is 0 Å². The van der Waals surface area contributed by atoms with E-state index in [1.807, 2.05) is 0 Å². The van der Waals surface area contributed by atoms with Gasteiger partial charge in [-0.2, -0.15) is 0 Å². The molecule has 0 rings (SSSR count). The van der Waals surface area contributed by atoms with Crippen molar-refractivity contribution in [2.24, 2.45) is 80.8 Å². The Bertz CT molecular complexity index is 926. The predicted octanol–water partition coefficient (Wildman–Crippen LogP) is 33.7. The average molecular weight is 1200 g/mol. The van der Waals surface area contributed by atoms with E-state index in [1.165, 1.54) is 180 Å². The third-order valence-corrected chi connectivity index (χ3v) is 16.5. The highest BCUT2D eigenvalue weighted by Gasteiger charge is 2.14. The molecule has 0 aliphatic rings. The molecule has 0 aliphatic carbocycles. The molecule has 0 aromatic rings. The Labute approximate surface area is 548 Å². The van der Waals surface area contributed by atoms with Gasteiger partial charge in [0.1, 0.15) is 0 Å². The lowest BCUT2D eigenvalue weighted by Crippen LogP contribution is -2.12. The Balaban J connectivity index is -0.0000000673. The van der Waals surface area contributed by atoms with Gasteiger partial charge in [0, 0.05) is 0 Å². The van der Waals surface area contributed by atoms with Gasteiger partial charge in [0.05, 0.1) is 0 Å². The molecule has 0 N–H and O–H groups in total. The third kappa shape index (κ3) is 160. The fraction of sp³-hybridized carbons (Fsp3) is 1.00. The van der Waals surface area contributed by atoms with Crippen molar-refractivity contribution in [2.45, 2.75) is 471 Å². The Morgan fingerprint density at radius 3 is 0.595 bits per heavy atom. The maximum absolute atomic E-state index is 2.31. The van der Waals surface area contributed by atoms with Crippen LogP contribution in [-0.4, -0.2) is 0 Å². The Morgan fingerprint density at radius 1 is 0.274 bits per heavy atom. The summed E-state index contributed by atoms with van der Waals surface area (Å²) in [5.74, 6) is 9.01. The maximum atomic E-state index is 2.31. The molecule has 84 heavy (non-hydrogen) atoms. The second-order valence-electron chi connectivity index (χ2n) is 32.5. The average Bonchev–Trinajstić information content (AvgIpc) is 3.38. The van der Waals surface area contributed by atoms with Crippen LogP contribution in [0.25, 0.3) is 0 Å². The molecular formula is C84H192. The third-order valence-electron chi connectivity index (χ3n) is 16.5. The van der Waals surface area contributed by atoms with E-state index in [9.17, 15) is 0 Å². The maximum Gasteiger partial charge on any atom is -0.0359 e. The SMILES string of the molecule is CC(C)C(C)(C)C.CC(C)CC(C)C.CCC(C)(C)CC.CCC(CC)CC.CCCC(C)(C)C.CCCC(C)(C)C.CCCC(C)CC.CCCCC(C)C.CCCCC(C)C.CCCCCCC.CCC[C@H](C)CC.CC[C@H](C)C(C)C. The van der Waals surface area contributed by atoms with E-state index in [2.05, 4.69) is 291 Å². The largest absolute Gasteiger partial charge is 0.0654 e. The summed E-state index contributed by atoms with van der Waals surface area (Å²) in [5, 5.41) is 0. The molecule has 0 aliphatic heterocycles. The first-order valence-electron chi connectivity index (χ1n) is 38.4. The summed E-state index contributed by atoms with van der Waals surface area (Å²) < 4.78 is 0. The van der Waals surface area contributed by atoms with Crippen LogP contribution in [-0.2, 0) is 0 Å². The molecule has 0 bridgehead atoms. The molecule has 0 saturated carbocycles. The van der Waals surface area contributed by atoms with E-state index in [-0.39, 0.29) is 0 Å². The fourth-order valence-electron chi connectivity index (χ4n) is 7.33. The van der Waals surface area contributed by atoms with Crippen molar-refractivity contribution in [1.82, 2.24) is 0 Å². The lowest BCUT2D eigenvalue weighted by atomic mass is 9.84. The van der Waals surface area contributed by atoms with E-state index in [0.717, 1.165) is 59.2 Å². The van der Waals surface area contributed by atoms with Crippen molar-refractivity contribution < 1.29 is 0 Å². The van der Waals surface area contributed by atoms with Crippen LogP contribution >= 0.6 is 0 Å². The van der Waals surface area contributed by atoms with Crippen molar-refractivity contribution in [3.63, 3.8) is 0 Å². The summed E-state index contributed by atoms with van der Waals surface area (Å²) in [6, 6.07) is 0. The van der Waals surface area contributed by atoms with Gasteiger partial charge in [-0.1, -0.05) is 451 Å². The summed E-state index contributed by atoms with van der Waals surface area (Å²) >= 11 is 0. The van der Waals surface area contributed by atoms with E-state index in [0.29, 0.717) is 21.7 Å². The molecule has 0 saturated heterocycles. The zero-order valence-corrected chi connectivity index (χ0v) is 69.6. The van der Waals surface area contributed by atoms with E-state index >= 15 is 0 Å². The van der Waals surface area contributed by atoms with Gasteiger partial charge in [0.25, 0.3) is 0 Å². The Morgan fingerprint density at radius 2 is 0.548 bits per heavy atom. The molecule has 0 aromatic carbocycles. The smallest absolute Gasteiger partial charge is 0.0359 e. The number of rotatable bonds is 27. The summed E-state index contributed by atoms with van der Waals surface area (Å²) in [5.41, 5.74) is 2.18. The van der Waals surface area contributed by atoms with Gasteiger partial charge >= 0.3 is 0 Å². The molecule has 0 amide bonds. The molecule has 0 heterocycles. The minimum atomic E-state index is 0.500. The fourth-order valence-corrected chi connectivity index (χ4v) is 7.33. The van der Waals surface area contributed by atoms with Crippen LogP contribution in [0.5, 0.6) is 0 Å². The molecule has 0 spiro atoms. The van der Waals surface area contributed by atoms with Crippen molar-refractivity contribution in [3.8, 4) is 0 Å². The van der Waals surface area contributed by atoms with Gasteiger partial charge in [-0.25, -0.2) is 0 Å². The number of unbranched alkanes of at least 4 members (excludes halogenated alkanes) is 6. The van der Waals surface area contributed by atoms with Crippen LogP contribution < -0.4 is 0 Å². The van der Waals surface area contributed by atoms with Gasteiger partial charge < -0.3 is 0 Å². The van der Waals surface area contributed by atoms with Gasteiger partial charge in [-0.05, 0) is 100 Å².